The van der Waals surface area contributed by atoms with E-state index in [2.05, 4.69) is 55.6 Å². The Morgan fingerprint density at radius 2 is 0.571 bits per heavy atom. The average Bonchev–Trinajstić information content (AvgIpc) is 3.43. The maximum Gasteiger partial charge on any atom is 0.249 e. The molecule has 0 aliphatic heterocycles. The second kappa shape index (κ2) is 65.3. The normalized spacial score (nSPS) is 13.7. The summed E-state index contributed by atoms with van der Waals surface area (Å²) in [5.74, 6) is -0.587. The fourth-order valence-corrected chi connectivity index (χ4v) is 11.1. The molecule has 6 heteroatoms. The van der Waals surface area contributed by atoms with Crippen LogP contribution in [0.4, 0.5) is 0 Å². The summed E-state index contributed by atoms with van der Waals surface area (Å²) in [6.45, 7) is 4.09. The molecule has 0 spiro atoms. The molecule has 0 fully saturated rings. The molecule has 4 atom stereocenters. The van der Waals surface area contributed by atoms with Crippen LogP contribution in [0.3, 0.4) is 0 Å². The topological polar surface area (TPSA) is 110 Å². The maximum absolute atomic E-state index is 12.7. The van der Waals surface area contributed by atoms with E-state index < -0.39 is 36.9 Å². The van der Waals surface area contributed by atoms with Crippen molar-refractivity contribution < 1.29 is 25.2 Å². The van der Waals surface area contributed by atoms with Crippen LogP contribution in [0.5, 0.6) is 0 Å². The van der Waals surface area contributed by atoms with Crippen LogP contribution in [-0.4, -0.2) is 57.3 Å². The van der Waals surface area contributed by atoms with Gasteiger partial charge in [-0.25, -0.2) is 0 Å². The predicted molar refractivity (Wildman–Crippen MR) is 339 cm³/mol. The van der Waals surface area contributed by atoms with Crippen molar-refractivity contribution in [3.05, 3.63) is 36.5 Å². The maximum atomic E-state index is 12.7. The van der Waals surface area contributed by atoms with Gasteiger partial charge in [-0.15, -0.1) is 0 Å². The molecule has 0 saturated heterocycles. The number of hydrogen-bond donors (Lipinski definition) is 5. The second-order valence-electron chi connectivity index (χ2n) is 24.2. The van der Waals surface area contributed by atoms with Crippen molar-refractivity contribution >= 4 is 5.91 Å². The van der Waals surface area contributed by atoms with E-state index in [-0.39, 0.29) is 0 Å². The van der Waals surface area contributed by atoms with Gasteiger partial charge in [0.25, 0.3) is 0 Å². The molecule has 0 heterocycles. The Kier molecular flexibility index (Phi) is 64.1. The lowest BCUT2D eigenvalue weighted by molar-refractivity contribution is -0.132. The summed E-state index contributed by atoms with van der Waals surface area (Å²) >= 11 is 0. The fourth-order valence-electron chi connectivity index (χ4n) is 11.1. The largest absolute Gasteiger partial charge is 0.394 e. The molecule has 456 valence electrons. The van der Waals surface area contributed by atoms with Crippen LogP contribution >= 0.6 is 0 Å². The Labute approximate surface area is 481 Å². The van der Waals surface area contributed by atoms with Gasteiger partial charge in [-0.3, -0.25) is 4.79 Å². The number of hydrogen-bond acceptors (Lipinski definition) is 5. The molecule has 5 N–H and O–H groups in total. The third kappa shape index (κ3) is 59.0. The van der Waals surface area contributed by atoms with Crippen LogP contribution in [0.15, 0.2) is 36.5 Å². The minimum atomic E-state index is -1.28. The standard InChI is InChI=1S/C71H137NO5/c1-3-5-7-9-11-13-15-17-19-21-23-25-27-29-31-33-34-35-37-39-41-43-45-47-49-51-53-55-57-59-61-63-65-69(75)71(77)72-67(66-73)70(76)68(74)64-62-60-58-56-54-52-50-48-46-44-42-40-38-36-32-30-28-26-24-22-20-18-16-14-12-10-8-6-4-2/h23,25,29,31,56,58,67-70,73-76H,3-22,24,26-28,30,32-55,57,59-66H2,1-2H3,(H,72,77)/b25-23-,31-29-,58-56+. The third-order valence-corrected chi connectivity index (χ3v) is 16.6. The Balaban J connectivity index is 3.57. The lowest BCUT2D eigenvalue weighted by Crippen LogP contribution is -2.53. The van der Waals surface area contributed by atoms with Gasteiger partial charge >= 0.3 is 0 Å². The van der Waals surface area contributed by atoms with Crippen molar-refractivity contribution in [2.45, 2.75) is 404 Å². The van der Waals surface area contributed by atoms with Gasteiger partial charge in [0.2, 0.25) is 5.91 Å². The molecule has 0 aromatic rings. The molecule has 0 aromatic heterocycles. The molecule has 0 rings (SSSR count). The molecule has 6 nitrogen and oxygen atoms in total. The van der Waals surface area contributed by atoms with Gasteiger partial charge in [0, 0.05) is 0 Å². The fraction of sp³-hybridized carbons (Fsp3) is 0.901. The van der Waals surface area contributed by atoms with Crippen LogP contribution in [0.1, 0.15) is 380 Å². The number of aliphatic hydroxyl groups is 4. The van der Waals surface area contributed by atoms with Crippen LogP contribution in [0.25, 0.3) is 0 Å². The second-order valence-corrected chi connectivity index (χ2v) is 24.2. The Hall–Kier alpha value is -1.47. The van der Waals surface area contributed by atoms with Crippen LogP contribution in [0, 0.1) is 0 Å². The first kappa shape index (κ1) is 75.5. The summed E-state index contributed by atoms with van der Waals surface area (Å²) in [7, 11) is 0. The molecule has 0 aliphatic carbocycles. The molecule has 0 aliphatic rings. The number of allylic oxidation sites excluding steroid dienone is 6. The lowest BCUT2D eigenvalue weighted by atomic mass is 10.00. The summed E-state index contributed by atoms with van der Waals surface area (Å²) in [5, 5.41) is 44.2. The number of nitrogens with one attached hydrogen (secondary N) is 1. The Morgan fingerprint density at radius 1 is 0.325 bits per heavy atom. The van der Waals surface area contributed by atoms with E-state index >= 15 is 0 Å². The SMILES string of the molecule is CCCCCCCCCCC/C=C\C/C=C\CCCCCCCCCCCCCCCCCCC(O)C(=O)NC(CO)C(O)C(O)CCC/C=C/CCCCCCCCCCCCCCCCCCCCCCCCCC. The van der Waals surface area contributed by atoms with Crippen molar-refractivity contribution in [2.75, 3.05) is 6.61 Å². The zero-order valence-electron chi connectivity index (χ0n) is 52.0. The summed E-state index contributed by atoms with van der Waals surface area (Å²) < 4.78 is 0. The molecule has 0 bridgehead atoms. The molecule has 77 heavy (non-hydrogen) atoms. The number of carbonyl (C=O) groups excluding carboxylic acids is 1. The van der Waals surface area contributed by atoms with E-state index in [0.29, 0.717) is 12.8 Å². The molecular formula is C71H137NO5. The van der Waals surface area contributed by atoms with Gasteiger partial charge < -0.3 is 25.7 Å². The summed E-state index contributed by atoms with van der Waals surface area (Å²) in [6.07, 6.45) is 84.1. The van der Waals surface area contributed by atoms with Crippen molar-refractivity contribution in [3.8, 4) is 0 Å². The Bertz CT molecular complexity index is 1220. The van der Waals surface area contributed by atoms with Crippen LogP contribution in [-0.2, 0) is 4.79 Å². The number of carbonyl (C=O) groups is 1. The molecule has 0 radical (unpaired) electrons. The van der Waals surface area contributed by atoms with Crippen LogP contribution < -0.4 is 5.32 Å². The molecule has 0 saturated carbocycles. The monoisotopic (exact) mass is 1080 g/mol. The highest BCUT2D eigenvalue weighted by Crippen LogP contribution is 2.19. The van der Waals surface area contributed by atoms with E-state index in [9.17, 15) is 25.2 Å². The lowest BCUT2D eigenvalue weighted by Gasteiger charge is -2.27. The van der Waals surface area contributed by atoms with Crippen molar-refractivity contribution in [1.82, 2.24) is 5.32 Å². The zero-order valence-corrected chi connectivity index (χ0v) is 52.0. The highest BCUT2D eigenvalue weighted by molar-refractivity contribution is 5.80. The van der Waals surface area contributed by atoms with E-state index in [1.165, 1.54) is 308 Å². The van der Waals surface area contributed by atoms with Gasteiger partial charge in [0.15, 0.2) is 0 Å². The van der Waals surface area contributed by atoms with E-state index in [1.807, 2.05) is 0 Å². The highest BCUT2D eigenvalue weighted by Gasteiger charge is 2.28. The zero-order chi connectivity index (χ0) is 55.8. The van der Waals surface area contributed by atoms with Crippen molar-refractivity contribution in [3.63, 3.8) is 0 Å². The quantitative estimate of drug-likeness (QED) is 0.0308. The van der Waals surface area contributed by atoms with Gasteiger partial charge in [-0.2, -0.15) is 0 Å². The van der Waals surface area contributed by atoms with Gasteiger partial charge in [-0.1, -0.05) is 346 Å². The summed E-state index contributed by atoms with van der Waals surface area (Å²) in [6, 6.07) is -1.00. The number of aliphatic hydroxyl groups excluding tert-OH is 4. The number of rotatable bonds is 65. The minimum Gasteiger partial charge on any atom is -0.394 e. The highest BCUT2D eigenvalue weighted by atomic mass is 16.3. The predicted octanol–water partition coefficient (Wildman–Crippen LogP) is 21.5. The summed E-state index contributed by atoms with van der Waals surface area (Å²) in [5.41, 5.74) is 0. The average molecular weight is 1080 g/mol. The smallest absolute Gasteiger partial charge is 0.249 e. The van der Waals surface area contributed by atoms with Gasteiger partial charge in [0.05, 0.1) is 18.8 Å². The first-order chi connectivity index (χ1) is 38.0. The molecule has 1 amide bonds. The third-order valence-electron chi connectivity index (χ3n) is 16.6. The number of amides is 1. The molecule has 4 unspecified atom stereocenters. The minimum absolute atomic E-state index is 0.365. The van der Waals surface area contributed by atoms with E-state index in [0.717, 1.165) is 44.9 Å². The Morgan fingerprint density at radius 3 is 0.857 bits per heavy atom. The first-order valence-corrected chi connectivity index (χ1v) is 34.9. The molecular weight excluding hydrogens is 947 g/mol. The molecule has 0 aromatic carbocycles. The number of unbranched alkanes of at least 4 members (excludes halogenated alkanes) is 50. The van der Waals surface area contributed by atoms with Crippen molar-refractivity contribution in [1.29, 1.82) is 0 Å². The summed E-state index contributed by atoms with van der Waals surface area (Å²) in [4.78, 5) is 12.7. The van der Waals surface area contributed by atoms with Gasteiger partial charge in [-0.05, 0) is 70.6 Å². The first-order valence-electron chi connectivity index (χ1n) is 34.9. The van der Waals surface area contributed by atoms with Crippen LogP contribution in [0.2, 0.25) is 0 Å². The van der Waals surface area contributed by atoms with E-state index in [1.54, 1.807) is 0 Å². The van der Waals surface area contributed by atoms with Gasteiger partial charge in [0.1, 0.15) is 12.2 Å². The van der Waals surface area contributed by atoms with Crippen molar-refractivity contribution in [2.24, 2.45) is 0 Å². The van der Waals surface area contributed by atoms with E-state index in [4.69, 9.17) is 0 Å².